The van der Waals surface area contributed by atoms with Crippen LogP contribution in [0.5, 0.6) is 0 Å². The van der Waals surface area contributed by atoms with Gasteiger partial charge in [-0.15, -0.1) is 6.58 Å². The Balaban J connectivity index is 1.85. The van der Waals surface area contributed by atoms with Crippen molar-refractivity contribution in [3.8, 4) is 0 Å². The molecule has 0 aliphatic carbocycles. The van der Waals surface area contributed by atoms with Gasteiger partial charge in [-0.05, 0) is 43.0 Å². The third-order valence-corrected chi connectivity index (χ3v) is 7.42. The lowest BCUT2D eigenvalue weighted by Crippen LogP contribution is -2.46. The number of H-pyrrole nitrogens is 1. The molecule has 0 radical (unpaired) electrons. The molecule has 9 heteroatoms. The minimum atomic E-state index is -3.96. The lowest BCUT2D eigenvalue weighted by atomic mass is 9.97. The monoisotopic (exact) mass is 470 g/mol. The summed E-state index contributed by atoms with van der Waals surface area (Å²) in [4.78, 5) is 24.8. The first-order valence-electron chi connectivity index (χ1n) is 10.8. The van der Waals surface area contributed by atoms with E-state index in [4.69, 9.17) is 0 Å². The van der Waals surface area contributed by atoms with Crippen LogP contribution < -0.4 is 0 Å². The molecule has 0 aliphatic heterocycles. The number of benzene rings is 1. The number of fused-ring (bicyclic) bond motifs is 1. The van der Waals surface area contributed by atoms with Crippen LogP contribution in [0.15, 0.2) is 54.1 Å². The van der Waals surface area contributed by atoms with E-state index in [9.17, 15) is 18.3 Å². The Kier molecular flexibility index (Phi) is 7.46. The van der Waals surface area contributed by atoms with Crippen LogP contribution in [0.1, 0.15) is 37.4 Å². The average molecular weight is 471 g/mol. The van der Waals surface area contributed by atoms with Crippen LogP contribution in [0.3, 0.4) is 0 Å². The number of carbonyl (C=O) groups excluding carboxylic acids is 1. The van der Waals surface area contributed by atoms with Crippen LogP contribution in [0.4, 0.5) is 0 Å². The Morgan fingerprint density at radius 3 is 2.52 bits per heavy atom. The first kappa shape index (κ1) is 24.8. The van der Waals surface area contributed by atoms with Crippen LogP contribution >= 0.6 is 0 Å². The number of aryl methyl sites for hydroxylation is 1. The summed E-state index contributed by atoms with van der Waals surface area (Å²) in [5.74, 6) is 0.266. The number of likely N-dealkylation sites (N-methyl/N-ethyl adjacent to an activating group) is 1. The highest BCUT2D eigenvalue weighted by atomic mass is 32.2. The third kappa shape index (κ3) is 5.38. The Bertz CT molecular complexity index is 1250. The van der Waals surface area contributed by atoms with Gasteiger partial charge in [0.25, 0.3) is 0 Å². The summed E-state index contributed by atoms with van der Waals surface area (Å²) in [5.41, 5.74) is 3.38. The highest BCUT2D eigenvalue weighted by molar-refractivity contribution is 7.89. The molecule has 3 aromatic rings. The van der Waals surface area contributed by atoms with Crippen LogP contribution in [0.2, 0.25) is 0 Å². The van der Waals surface area contributed by atoms with Gasteiger partial charge in [0.1, 0.15) is 17.4 Å². The molecule has 0 bridgehead atoms. The predicted molar refractivity (Wildman–Crippen MR) is 127 cm³/mol. The second-order valence-electron chi connectivity index (χ2n) is 8.55. The number of aliphatic hydroxyl groups excluding tert-OH is 1. The van der Waals surface area contributed by atoms with Gasteiger partial charge in [0, 0.05) is 19.7 Å². The van der Waals surface area contributed by atoms with Crippen molar-refractivity contribution in [2.75, 3.05) is 7.05 Å². The van der Waals surface area contributed by atoms with Gasteiger partial charge in [0.15, 0.2) is 5.78 Å². The number of carbonyl (C=O) groups is 1. The van der Waals surface area contributed by atoms with Crippen LogP contribution in [-0.4, -0.2) is 57.8 Å². The summed E-state index contributed by atoms with van der Waals surface area (Å²) in [7, 11) is -2.59. The van der Waals surface area contributed by atoms with E-state index in [-0.39, 0.29) is 17.2 Å². The van der Waals surface area contributed by atoms with E-state index in [1.807, 2.05) is 26.8 Å². The Morgan fingerprint density at radius 2 is 1.91 bits per heavy atom. The van der Waals surface area contributed by atoms with Crippen LogP contribution in [-0.2, 0) is 21.2 Å². The number of nitrogens with one attached hydrogen (secondary N) is 1. The second kappa shape index (κ2) is 9.94. The van der Waals surface area contributed by atoms with Gasteiger partial charge in [-0.3, -0.25) is 9.78 Å². The van der Waals surface area contributed by atoms with Gasteiger partial charge in [0.2, 0.25) is 10.0 Å². The third-order valence-electron chi connectivity index (χ3n) is 5.54. The highest BCUT2D eigenvalue weighted by Gasteiger charge is 2.35. The van der Waals surface area contributed by atoms with Gasteiger partial charge in [-0.2, -0.15) is 4.31 Å². The summed E-state index contributed by atoms with van der Waals surface area (Å²) in [6.45, 7) is 9.11. The fraction of sp³-hybridized carbons (Fsp3) is 0.375. The number of hydrogen-bond acceptors (Lipinski definition) is 6. The lowest BCUT2D eigenvalue weighted by Gasteiger charge is -2.28. The molecule has 2 atom stereocenters. The van der Waals surface area contributed by atoms with Crippen molar-refractivity contribution in [3.05, 3.63) is 66.3 Å². The molecule has 176 valence electrons. The Hall–Kier alpha value is -2.88. The standard InChI is InChI=1S/C24H30N4O4S/c1-6-22(29)24(30)21(13-15(2)3)28(5)33(31,32)18-9-7-17(8-10-18)14-20-23-19(11-12-25-20)26-16(4)27-23/h6-12,15,21-22,29H,1,13-14H2,2-5H3,(H,26,27)/t21-,22?/m1/s1. The molecule has 0 fully saturated rings. The molecular weight excluding hydrogens is 440 g/mol. The van der Waals surface area contributed by atoms with Crippen molar-refractivity contribution in [2.45, 2.75) is 50.7 Å². The average Bonchev–Trinajstić information content (AvgIpc) is 3.17. The maximum atomic E-state index is 13.3. The zero-order chi connectivity index (χ0) is 24.3. The summed E-state index contributed by atoms with van der Waals surface area (Å²) < 4.78 is 27.6. The molecule has 3 rings (SSSR count). The van der Waals surface area contributed by atoms with Crippen molar-refractivity contribution in [1.29, 1.82) is 0 Å². The molecule has 0 saturated carbocycles. The number of aromatic amines is 1. The maximum Gasteiger partial charge on any atom is 0.243 e. The first-order chi connectivity index (χ1) is 15.5. The fourth-order valence-electron chi connectivity index (χ4n) is 3.75. The predicted octanol–water partition coefficient (Wildman–Crippen LogP) is 3.01. The Labute approximate surface area is 194 Å². The largest absolute Gasteiger partial charge is 0.381 e. The van der Waals surface area contributed by atoms with E-state index < -0.39 is 28.0 Å². The molecule has 0 amide bonds. The zero-order valence-corrected chi connectivity index (χ0v) is 20.1. The number of rotatable bonds is 10. The van der Waals surface area contributed by atoms with Crippen LogP contribution in [0, 0.1) is 12.8 Å². The van der Waals surface area contributed by atoms with E-state index in [2.05, 4.69) is 21.5 Å². The minimum absolute atomic E-state index is 0.0527. The Morgan fingerprint density at radius 1 is 1.24 bits per heavy atom. The van der Waals surface area contributed by atoms with E-state index in [0.717, 1.165) is 38.5 Å². The van der Waals surface area contributed by atoms with Gasteiger partial charge >= 0.3 is 0 Å². The van der Waals surface area contributed by atoms with Gasteiger partial charge in [-0.1, -0.05) is 32.1 Å². The van der Waals surface area contributed by atoms with Gasteiger partial charge in [0.05, 0.1) is 22.1 Å². The molecule has 0 spiro atoms. The second-order valence-corrected chi connectivity index (χ2v) is 10.5. The number of Topliss-reactive ketones (excluding diaryl/α,β-unsaturated/α-hetero) is 1. The molecule has 0 aliphatic rings. The molecule has 1 aromatic carbocycles. The number of pyridine rings is 1. The van der Waals surface area contributed by atoms with Crippen molar-refractivity contribution in [2.24, 2.45) is 5.92 Å². The summed E-state index contributed by atoms with van der Waals surface area (Å²) >= 11 is 0. The molecule has 2 heterocycles. The maximum absolute atomic E-state index is 13.3. The summed E-state index contributed by atoms with van der Waals surface area (Å²) in [6, 6.07) is 7.39. The molecular formula is C24H30N4O4S. The van der Waals surface area contributed by atoms with E-state index in [0.29, 0.717) is 6.42 Å². The SMILES string of the molecule is C=CC(O)C(=O)[C@@H](CC(C)C)N(C)S(=O)(=O)c1ccc(Cc2nccc3[nH]c(C)nc23)cc1. The van der Waals surface area contributed by atoms with E-state index >= 15 is 0 Å². The molecule has 1 unspecified atom stereocenters. The number of sulfonamides is 1. The van der Waals surface area contributed by atoms with E-state index in [1.165, 1.54) is 19.2 Å². The first-order valence-corrected chi connectivity index (χ1v) is 12.2. The quantitative estimate of drug-likeness (QED) is 0.440. The number of hydrogen-bond donors (Lipinski definition) is 2. The number of imidazole rings is 1. The van der Waals surface area contributed by atoms with Gasteiger partial charge in [-0.25, -0.2) is 13.4 Å². The minimum Gasteiger partial charge on any atom is -0.381 e. The molecule has 2 aromatic heterocycles. The van der Waals surface area contributed by atoms with Gasteiger partial charge < -0.3 is 10.1 Å². The van der Waals surface area contributed by atoms with E-state index in [1.54, 1.807) is 18.3 Å². The number of nitrogens with zero attached hydrogens (tertiary/aromatic N) is 3. The zero-order valence-electron chi connectivity index (χ0n) is 19.3. The summed E-state index contributed by atoms with van der Waals surface area (Å²) in [5, 5.41) is 9.95. The smallest absolute Gasteiger partial charge is 0.243 e. The van der Waals surface area contributed by atoms with Crippen molar-refractivity contribution in [3.63, 3.8) is 0 Å². The number of aromatic nitrogens is 3. The fourth-order valence-corrected chi connectivity index (χ4v) is 5.09. The molecule has 2 N–H and O–H groups in total. The normalized spacial score (nSPS) is 14.0. The molecule has 8 nitrogen and oxygen atoms in total. The highest BCUT2D eigenvalue weighted by Crippen LogP contribution is 2.24. The molecule has 0 saturated heterocycles. The van der Waals surface area contributed by atoms with Crippen LogP contribution in [0.25, 0.3) is 11.0 Å². The lowest BCUT2D eigenvalue weighted by molar-refractivity contribution is -0.129. The number of ketones is 1. The number of aliphatic hydroxyl groups is 1. The molecule has 33 heavy (non-hydrogen) atoms. The van der Waals surface area contributed by atoms with Crippen molar-refractivity contribution < 1.29 is 18.3 Å². The topological polar surface area (TPSA) is 116 Å². The summed E-state index contributed by atoms with van der Waals surface area (Å²) in [6.07, 6.45) is 2.19. The van der Waals surface area contributed by atoms with Crippen molar-refractivity contribution >= 4 is 26.8 Å². The van der Waals surface area contributed by atoms with Crippen molar-refractivity contribution in [1.82, 2.24) is 19.3 Å².